The van der Waals surface area contributed by atoms with Gasteiger partial charge in [-0.05, 0) is 6.55 Å². The zero-order valence-corrected chi connectivity index (χ0v) is 5.81. The Morgan fingerprint density at radius 3 is 2.00 bits per heavy atom. The van der Waals surface area contributed by atoms with Crippen LogP contribution in [-0.2, 0) is 10.6 Å². The fraction of sp³-hybridized carbons (Fsp3) is 1.00. The Bertz CT molecular complexity index is 32.5. The van der Waals surface area contributed by atoms with Crippen molar-refractivity contribution < 1.29 is 9.35 Å². The summed E-state index contributed by atoms with van der Waals surface area (Å²) in [4.78, 5) is 8.47. The molecule has 1 N–H and O–H groups in total. The molecule has 0 amide bonds. The fourth-order valence-corrected chi connectivity index (χ4v) is 0. The normalized spacial score (nSPS) is 20.0. The molecule has 0 bridgehead atoms. The predicted octanol–water partition coefficient (Wildman–Crippen LogP) is -0.792. The fourth-order valence-electron chi connectivity index (χ4n) is 0. The lowest BCUT2D eigenvalue weighted by molar-refractivity contribution is 0.573. The van der Waals surface area contributed by atoms with Gasteiger partial charge < -0.3 is 9.35 Å². The smallest absolute Gasteiger partial charge is 0.419 e. The van der Waals surface area contributed by atoms with Crippen LogP contribution >= 0.6 is 0 Å². The van der Waals surface area contributed by atoms with Crippen molar-refractivity contribution in [2.24, 2.45) is 0 Å². The van der Waals surface area contributed by atoms with Crippen molar-refractivity contribution >= 4 is 18.8 Å². The minimum absolute atomic E-state index is 0.923. The second-order valence-corrected chi connectivity index (χ2v) is 7.33. The summed E-state index contributed by atoms with van der Waals surface area (Å²) in [5, 5.41) is 0. The van der Waals surface area contributed by atoms with Crippen molar-refractivity contribution in [1.82, 2.24) is 0 Å². The maximum absolute atomic E-state index is 10.1. The van der Waals surface area contributed by atoms with E-state index in [2.05, 4.69) is 0 Å². The molecule has 0 aliphatic rings. The second-order valence-electron chi connectivity index (χ2n) is 1.10. The molecule has 2 nitrogen and oxygen atoms in total. The van der Waals surface area contributed by atoms with Gasteiger partial charge in [0, 0.05) is 0 Å². The van der Waals surface area contributed by atoms with Gasteiger partial charge in [-0.3, -0.25) is 0 Å². The predicted molar refractivity (Wildman–Crippen MR) is 29.3 cm³/mol. The molecule has 1 unspecified atom stereocenters. The maximum atomic E-state index is 10.1. The van der Waals surface area contributed by atoms with Gasteiger partial charge in [-0.1, -0.05) is 10.6 Å². The molecule has 0 radical (unpaired) electrons. The minimum Gasteiger partial charge on any atom is -0.630 e. The van der Waals surface area contributed by atoms with Gasteiger partial charge in [-0.15, -0.1) is 0 Å². The first-order chi connectivity index (χ1) is 2.64. The Morgan fingerprint density at radius 2 is 2.00 bits per heavy atom. The van der Waals surface area contributed by atoms with Crippen molar-refractivity contribution in [3.63, 3.8) is 0 Å². The zero-order chi connectivity index (χ0) is 5.15. The third-order valence-corrected chi connectivity index (χ3v) is 4.32. The molecule has 0 saturated carbocycles. The van der Waals surface area contributed by atoms with Crippen LogP contribution in [0, 0.1) is 0 Å². The molecular weight excluding hydrogens is 116 g/mol. The van der Waals surface area contributed by atoms with Gasteiger partial charge >= 0.3 is 8.19 Å². The SMILES string of the molecule is C[Si@H](O)[S+](C)[O-]. The maximum Gasteiger partial charge on any atom is 0.419 e. The molecule has 6 heavy (non-hydrogen) atoms. The van der Waals surface area contributed by atoms with E-state index in [1.807, 2.05) is 0 Å². The first kappa shape index (κ1) is 6.49. The zero-order valence-electron chi connectivity index (χ0n) is 3.84. The highest BCUT2D eigenvalue weighted by atomic mass is 32.4. The molecule has 0 heterocycles. The molecule has 2 atom stereocenters. The summed E-state index contributed by atoms with van der Waals surface area (Å²) in [5.41, 5.74) is 0. The molecule has 0 fully saturated rings. The average Bonchev–Trinajstić information content (AvgIpc) is 1.36. The van der Waals surface area contributed by atoms with Gasteiger partial charge in [-0.25, -0.2) is 0 Å². The van der Waals surface area contributed by atoms with E-state index in [0.717, 1.165) is 0 Å². The lowest BCUT2D eigenvalue weighted by atomic mass is 11.9. The van der Waals surface area contributed by atoms with E-state index in [4.69, 9.17) is 4.80 Å². The van der Waals surface area contributed by atoms with Gasteiger partial charge in [0.1, 0.15) is 0 Å². The van der Waals surface area contributed by atoms with Gasteiger partial charge in [0.05, 0.1) is 6.26 Å². The average molecular weight is 124 g/mol. The van der Waals surface area contributed by atoms with E-state index in [1.165, 1.54) is 6.26 Å². The van der Waals surface area contributed by atoms with Crippen molar-refractivity contribution in [1.29, 1.82) is 0 Å². The van der Waals surface area contributed by atoms with Gasteiger partial charge in [0.2, 0.25) is 0 Å². The highest BCUT2D eigenvalue weighted by Crippen LogP contribution is 1.84. The van der Waals surface area contributed by atoms with E-state index >= 15 is 0 Å². The van der Waals surface area contributed by atoms with Crippen molar-refractivity contribution in [3.05, 3.63) is 0 Å². The lowest BCUT2D eigenvalue weighted by Gasteiger charge is -2.03. The summed E-state index contributed by atoms with van der Waals surface area (Å²) in [6.45, 7) is 1.64. The first-order valence-corrected chi connectivity index (χ1v) is 6.35. The third-order valence-electron chi connectivity index (χ3n) is 0.480. The van der Waals surface area contributed by atoms with Crippen LogP contribution in [-0.4, -0.2) is 23.8 Å². The van der Waals surface area contributed by atoms with Crippen LogP contribution in [0.15, 0.2) is 0 Å². The summed E-state index contributed by atoms with van der Waals surface area (Å²) in [7, 11) is -2.69. The van der Waals surface area contributed by atoms with Gasteiger partial charge in [0.15, 0.2) is 0 Å². The molecule has 38 valence electrons. The summed E-state index contributed by atoms with van der Waals surface area (Å²) in [5.74, 6) is 0. The van der Waals surface area contributed by atoms with Crippen molar-refractivity contribution in [3.8, 4) is 0 Å². The lowest BCUT2D eigenvalue weighted by Crippen LogP contribution is -2.19. The highest BCUT2D eigenvalue weighted by Gasteiger charge is 2.08. The molecule has 0 aliphatic carbocycles. The molecule has 0 aromatic rings. The monoisotopic (exact) mass is 124 g/mol. The largest absolute Gasteiger partial charge is 0.630 e. The van der Waals surface area contributed by atoms with E-state index in [9.17, 15) is 4.55 Å². The van der Waals surface area contributed by atoms with Crippen LogP contribution in [0.4, 0.5) is 0 Å². The summed E-state index contributed by atoms with van der Waals surface area (Å²) < 4.78 is 10.1. The molecule has 0 rings (SSSR count). The van der Waals surface area contributed by atoms with E-state index < -0.39 is 18.8 Å². The molecule has 0 aromatic heterocycles. The molecule has 0 spiro atoms. The molecule has 0 saturated heterocycles. The minimum atomic E-state index is -1.77. The van der Waals surface area contributed by atoms with Crippen LogP contribution < -0.4 is 0 Å². The molecular formula is C2H8O2SSi. The van der Waals surface area contributed by atoms with Gasteiger partial charge in [0.25, 0.3) is 0 Å². The molecule has 0 aliphatic heterocycles. The van der Waals surface area contributed by atoms with E-state index in [1.54, 1.807) is 6.55 Å². The Labute approximate surface area is 41.7 Å². The standard InChI is InChI=1S/C2H8O2SSi/c1-5(3)6(2)4/h4,6H,1-2H3/t5?,6-/m1/s1. The Morgan fingerprint density at radius 1 is 1.83 bits per heavy atom. The third kappa shape index (κ3) is 2.71. The Kier molecular flexibility index (Phi) is 2.84. The number of hydrogen-bond donors (Lipinski definition) is 1. The first-order valence-electron chi connectivity index (χ1n) is 1.65. The summed E-state index contributed by atoms with van der Waals surface area (Å²) in [6, 6.07) is 0. The van der Waals surface area contributed by atoms with Gasteiger partial charge in [-0.2, -0.15) is 0 Å². The highest BCUT2D eigenvalue weighted by molar-refractivity contribution is 8.16. The Balaban J connectivity index is 2.99. The summed E-state index contributed by atoms with van der Waals surface area (Å²) in [6.07, 6.45) is 1.52. The van der Waals surface area contributed by atoms with Crippen molar-refractivity contribution in [2.45, 2.75) is 6.55 Å². The van der Waals surface area contributed by atoms with Crippen molar-refractivity contribution in [2.75, 3.05) is 6.26 Å². The molecule has 0 aromatic carbocycles. The van der Waals surface area contributed by atoms with Crippen LogP contribution in [0.3, 0.4) is 0 Å². The van der Waals surface area contributed by atoms with E-state index in [0.29, 0.717) is 0 Å². The van der Waals surface area contributed by atoms with Crippen LogP contribution in [0.25, 0.3) is 0 Å². The van der Waals surface area contributed by atoms with Crippen LogP contribution in [0.1, 0.15) is 0 Å². The summed E-state index contributed by atoms with van der Waals surface area (Å²) >= 11 is 0. The number of rotatable bonds is 1. The number of hydrogen-bond acceptors (Lipinski definition) is 2. The Hall–Kier alpha value is 0.487. The topological polar surface area (TPSA) is 43.3 Å². The second kappa shape index (κ2) is 2.63. The van der Waals surface area contributed by atoms with Crippen LogP contribution in [0.5, 0.6) is 0 Å². The quantitative estimate of drug-likeness (QED) is 0.367. The van der Waals surface area contributed by atoms with Crippen LogP contribution in [0.2, 0.25) is 6.55 Å². The van der Waals surface area contributed by atoms with E-state index in [-0.39, 0.29) is 0 Å². The molecule has 4 heteroatoms.